The minimum absolute atomic E-state index is 0.124. The third kappa shape index (κ3) is 9.91. The maximum Gasteiger partial charge on any atom is 0.234 e. The van der Waals surface area contributed by atoms with E-state index < -0.39 is 0 Å². The Labute approximate surface area is 186 Å². The first-order valence-electron chi connectivity index (χ1n) is 11.4. The van der Waals surface area contributed by atoms with Crippen LogP contribution in [0.4, 0.5) is 0 Å². The fourth-order valence-electron chi connectivity index (χ4n) is 3.41. The van der Waals surface area contributed by atoms with Crippen LogP contribution in [0, 0.1) is 0 Å². The average molecular weight is 434 g/mol. The Kier molecular flexibility index (Phi) is 11.6. The minimum atomic E-state index is 0.124. The van der Waals surface area contributed by atoms with Gasteiger partial charge in [-0.3, -0.25) is 14.7 Å². The molecule has 1 heterocycles. The summed E-state index contributed by atoms with van der Waals surface area (Å²) in [5, 5.41) is 9.81. The highest BCUT2D eigenvalue weighted by atomic mass is 16.5. The van der Waals surface area contributed by atoms with E-state index in [0.29, 0.717) is 25.7 Å². The summed E-state index contributed by atoms with van der Waals surface area (Å²) in [7, 11) is 1.65. The van der Waals surface area contributed by atoms with E-state index in [1.54, 1.807) is 7.11 Å². The van der Waals surface area contributed by atoms with Gasteiger partial charge in [0.1, 0.15) is 11.5 Å². The Hall–Kier alpha value is -2.48. The molecule has 0 radical (unpaired) electrons. The van der Waals surface area contributed by atoms with Gasteiger partial charge < -0.3 is 25.4 Å². The molecule has 0 bridgehead atoms. The van der Waals surface area contributed by atoms with Crippen molar-refractivity contribution in [2.24, 2.45) is 4.99 Å². The third-order valence-corrected chi connectivity index (χ3v) is 5.09. The lowest BCUT2D eigenvalue weighted by molar-refractivity contribution is -0.122. The van der Waals surface area contributed by atoms with Crippen molar-refractivity contribution in [3.63, 3.8) is 0 Å². The molecule has 8 heteroatoms. The highest BCUT2D eigenvalue weighted by molar-refractivity contribution is 5.80. The van der Waals surface area contributed by atoms with Crippen molar-refractivity contribution in [3.8, 4) is 11.5 Å². The highest BCUT2D eigenvalue weighted by Gasteiger charge is 2.21. The standard InChI is InChI=1S/C23H39N5O3/c1-4-12-25-22(29)18-28-14-10-19(11-15-28)27-23(24-5-2)26-13-7-16-31-21-9-6-8-20(17-21)30-3/h6,8-9,17,19H,4-5,7,10-16,18H2,1-3H3,(H,25,29)(H2,24,26,27). The molecule has 8 nitrogen and oxygen atoms in total. The van der Waals surface area contributed by atoms with Gasteiger partial charge in [-0.1, -0.05) is 13.0 Å². The molecule has 1 aromatic rings. The first-order chi connectivity index (χ1) is 15.1. The van der Waals surface area contributed by atoms with Crippen molar-refractivity contribution in [2.75, 3.05) is 53.0 Å². The van der Waals surface area contributed by atoms with Gasteiger partial charge in [-0.25, -0.2) is 0 Å². The Morgan fingerprint density at radius 1 is 1.19 bits per heavy atom. The molecule has 0 unspecified atom stereocenters. The summed E-state index contributed by atoms with van der Waals surface area (Å²) in [4.78, 5) is 18.8. The summed E-state index contributed by atoms with van der Waals surface area (Å²) >= 11 is 0. The fourth-order valence-corrected chi connectivity index (χ4v) is 3.41. The maximum absolute atomic E-state index is 11.9. The van der Waals surface area contributed by atoms with Crippen molar-refractivity contribution in [3.05, 3.63) is 24.3 Å². The summed E-state index contributed by atoms with van der Waals surface area (Å²) < 4.78 is 11.0. The van der Waals surface area contributed by atoms with Crippen molar-refractivity contribution < 1.29 is 14.3 Å². The zero-order valence-electron chi connectivity index (χ0n) is 19.3. The molecule has 0 aliphatic carbocycles. The second-order valence-corrected chi connectivity index (χ2v) is 7.69. The molecule has 0 aromatic heterocycles. The van der Waals surface area contributed by atoms with Crippen LogP contribution >= 0.6 is 0 Å². The van der Waals surface area contributed by atoms with E-state index in [9.17, 15) is 4.79 Å². The van der Waals surface area contributed by atoms with E-state index in [1.165, 1.54) is 0 Å². The molecule has 2 rings (SSSR count). The molecule has 0 saturated carbocycles. The third-order valence-electron chi connectivity index (χ3n) is 5.09. The van der Waals surface area contributed by atoms with Crippen molar-refractivity contribution in [1.29, 1.82) is 0 Å². The first-order valence-corrected chi connectivity index (χ1v) is 11.4. The number of nitrogens with one attached hydrogen (secondary N) is 3. The predicted molar refractivity (Wildman–Crippen MR) is 125 cm³/mol. The largest absolute Gasteiger partial charge is 0.497 e. The van der Waals surface area contributed by atoms with Crippen LogP contribution < -0.4 is 25.4 Å². The Bertz CT molecular complexity index is 675. The number of carbonyl (C=O) groups is 1. The lowest BCUT2D eigenvalue weighted by atomic mass is 10.1. The van der Waals surface area contributed by atoms with Gasteiger partial charge in [0, 0.05) is 51.3 Å². The zero-order chi connectivity index (χ0) is 22.3. The first kappa shape index (κ1) is 24.8. The molecular weight excluding hydrogens is 394 g/mol. The lowest BCUT2D eigenvalue weighted by Gasteiger charge is -2.32. The van der Waals surface area contributed by atoms with Gasteiger partial charge in [0.25, 0.3) is 0 Å². The quantitative estimate of drug-likeness (QED) is 0.266. The monoisotopic (exact) mass is 433 g/mol. The number of hydrogen-bond acceptors (Lipinski definition) is 5. The van der Waals surface area contributed by atoms with Gasteiger partial charge in [0.15, 0.2) is 5.96 Å². The Morgan fingerprint density at radius 2 is 1.97 bits per heavy atom. The van der Waals surface area contributed by atoms with Crippen LogP contribution in [0.1, 0.15) is 39.5 Å². The number of carbonyl (C=O) groups excluding carboxylic acids is 1. The number of nitrogens with zero attached hydrogens (tertiary/aromatic N) is 2. The van der Waals surface area contributed by atoms with E-state index in [1.807, 2.05) is 24.3 Å². The second kappa shape index (κ2) is 14.5. The normalized spacial score (nSPS) is 15.4. The van der Waals surface area contributed by atoms with E-state index in [0.717, 1.165) is 69.3 Å². The van der Waals surface area contributed by atoms with Gasteiger partial charge in [-0.2, -0.15) is 0 Å². The molecule has 1 saturated heterocycles. The molecule has 0 spiro atoms. The van der Waals surface area contributed by atoms with E-state index >= 15 is 0 Å². The molecule has 174 valence electrons. The molecule has 1 aliphatic heterocycles. The highest BCUT2D eigenvalue weighted by Crippen LogP contribution is 2.18. The summed E-state index contributed by atoms with van der Waals surface area (Å²) in [6.45, 7) is 9.34. The van der Waals surface area contributed by atoms with Crippen LogP contribution in [0.2, 0.25) is 0 Å². The summed E-state index contributed by atoms with van der Waals surface area (Å²) in [6, 6.07) is 8.01. The van der Waals surface area contributed by atoms with Gasteiger partial charge in [0.05, 0.1) is 20.3 Å². The van der Waals surface area contributed by atoms with Gasteiger partial charge in [0.2, 0.25) is 5.91 Å². The molecular formula is C23H39N5O3. The van der Waals surface area contributed by atoms with Crippen molar-refractivity contribution in [1.82, 2.24) is 20.9 Å². The molecule has 0 atom stereocenters. The van der Waals surface area contributed by atoms with Crippen LogP contribution in [0.3, 0.4) is 0 Å². The smallest absolute Gasteiger partial charge is 0.234 e. The minimum Gasteiger partial charge on any atom is -0.497 e. The number of piperidine rings is 1. The SMILES string of the molecule is CCCNC(=O)CN1CCC(NC(=NCCCOc2cccc(OC)c2)NCC)CC1. The van der Waals surface area contributed by atoms with E-state index in [2.05, 4.69) is 39.7 Å². The number of benzene rings is 1. The molecule has 3 N–H and O–H groups in total. The number of guanidine groups is 1. The van der Waals surface area contributed by atoms with E-state index in [-0.39, 0.29) is 5.91 Å². The van der Waals surface area contributed by atoms with Gasteiger partial charge in [-0.05, 0) is 38.3 Å². The van der Waals surface area contributed by atoms with Crippen LogP contribution in [0.5, 0.6) is 11.5 Å². The molecule has 1 aliphatic rings. The molecule has 31 heavy (non-hydrogen) atoms. The summed E-state index contributed by atoms with van der Waals surface area (Å²) in [5.41, 5.74) is 0. The van der Waals surface area contributed by atoms with E-state index in [4.69, 9.17) is 9.47 Å². The Morgan fingerprint density at radius 3 is 2.68 bits per heavy atom. The number of methoxy groups -OCH3 is 1. The number of rotatable bonds is 12. The zero-order valence-corrected chi connectivity index (χ0v) is 19.3. The number of aliphatic imine (C=N–C) groups is 1. The number of ether oxygens (including phenoxy) is 2. The summed E-state index contributed by atoms with van der Waals surface area (Å²) in [5.74, 6) is 2.58. The van der Waals surface area contributed by atoms with Crippen molar-refractivity contribution in [2.45, 2.75) is 45.6 Å². The van der Waals surface area contributed by atoms with Crippen LogP contribution in [-0.2, 0) is 4.79 Å². The lowest BCUT2D eigenvalue weighted by Crippen LogP contribution is -2.50. The predicted octanol–water partition coefficient (Wildman–Crippen LogP) is 2.01. The molecule has 1 fully saturated rings. The maximum atomic E-state index is 11.9. The molecule has 1 aromatic carbocycles. The summed E-state index contributed by atoms with van der Waals surface area (Å²) in [6.07, 6.45) is 3.81. The molecule has 1 amide bonds. The van der Waals surface area contributed by atoms with Gasteiger partial charge in [-0.15, -0.1) is 0 Å². The topological polar surface area (TPSA) is 87.2 Å². The number of amides is 1. The van der Waals surface area contributed by atoms with Crippen LogP contribution in [0.15, 0.2) is 29.3 Å². The number of likely N-dealkylation sites (tertiary alicyclic amines) is 1. The Balaban J connectivity index is 1.68. The van der Waals surface area contributed by atoms with Gasteiger partial charge >= 0.3 is 0 Å². The average Bonchev–Trinajstić information content (AvgIpc) is 2.79. The number of hydrogen-bond donors (Lipinski definition) is 3. The fraction of sp³-hybridized carbons (Fsp3) is 0.652. The van der Waals surface area contributed by atoms with Crippen LogP contribution in [-0.4, -0.2) is 75.8 Å². The van der Waals surface area contributed by atoms with Crippen molar-refractivity contribution >= 4 is 11.9 Å². The second-order valence-electron chi connectivity index (χ2n) is 7.69. The van der Waals surface area contributed by atoms with Crippen LogP contribution in [0.25, 0.3) is 0 Å².